The molecule has 1 saturated heterocycles. The van der Waals surface area contributed by atoms with Gasteiger partial charge in [0.25, 0.3) is 5.91 Å². The summed E-state index contributed by atoms with van der Waals surface area (Å²) in [5, 5.41) is 5.51. The van der Waals surface area contributed by atoms with E-state index in [4.69, 9.17) is 0 Å². The van der Waals surface area contributed by atoms with Gasteiger partial charge < -0.3 is 4.90 Å². The van der Waals surface area contributed by atoms with E-state index in [2.05, 4.69) is 10.1 Å². The summed E-state index contributed by atoms with van der Waals surface area (Å²) in [6.45, 7) is 5.21. The summed E-state index contributed by atoms with van der Waals surface area (Å²) in [7, 11) is 1.73. The van der Waals surface area contributed by atoms with Crippen molar-refractivity contribution < 1.29 is 4.79 Å². The maximum atomic E-state index is 13.0. The van der Waals surface area contributed by atoms with Crippen LogP contribution in [0.25, 0.3) is 0 Å². The molecule has 2 aromatic rings. The highest BCUT2D eigenvalue weighted by Crippen LogP contribution is 2.33. The van der Waals surface area contributed by atoms with E-state index in [9.17, 15) is 9.59 Å². The first-order valence-electron chi connectivity index (χ1n) is 9.84. The third-order valence-corrected chi connectivity index (χ3v) is 6.90. The van der Waals surface area contributed by atoms with Crippen molar-refractivity contribution in [2.45, 2.75) is 64.3 Å². The molecule has 8 heteroatoms. The molecule has 2 fully saturated rings. The minimum absolute atomic E-state index is 0.0192. The van der Waals surface area contributed by atoms with Crippen LogP contribution in [0.2, 0.25) is 0 Å². The minimum Gasteiger partial charge on any atom is -0.337 e. The Bertz CT molecular complexity index is 906. The van der Waals surface area contributed by atoms with Crippen LogP contribution >= 0.6 is 11.3 Å². The zero-order chi connectivity index (χ0) is 19.1. The number of likely N-dealkylation sites (tertiary alicyclic amines) is 1. The van der Waals surface area contributed by atoms with Crippen LogP contribution in [-0.2, 0) is 7.05 Å². The minimum atomic E-state index is -0.0192. The summed E-state index contributed by atoms with van der Waals surface area (Å²) in [5.74, 6) is 1.05. The number of hydrogen-bond acceptors (Lipinski definition) is 5. The van der Waals surface area contributed by atoms with Crippen molar-refractivity contribution in [1.82, 2.24) is 24.2 Å². The highest BCUT2D eigenvalue weighted by atomic mass is 32.1. The van der Waals surface area contributed by atoms with Crippen molar-refractivity contribution in [3.8, 4) is 0 Å². The second-order valence-corrected chi connectivity index (χ2v) is 9.01. The van der Waals surface area contributed by atoms with Crippen LogP contribution in [-0.4, -0.2) is 43.2 Å². The maximum Gasteiger partial charge on any atom is 0.345 e. The van der Waals surface area contributed by atoms with E-state index >= 15 is 0 Å². The number of hydrogen-bond donors (Lipinski definition) is 0. The number of nitrogens with zero attached hydrogens (tertiary/aromatic N) is 5. The number of aromatic nitrogens is 4. The average Bonchev–Trinajstić information content (AvgIpc) is 3.35. The van der Waals surface area contributed by atoms with Gasteiger partial charge in [-0.3, -0.25) is 9.36 Å². The zero-order valence-corrected chi connectivity index (χ0v) is 17.1. The highest BCUT2D eigenvalue weighted by molar-refractivity contribution is 7.13. The van der Waals surface area contributed by atoms with Gasteiger partial charge in [-0.25, -0.2) is 14.5 Å². The Morgan fingerprint density at radius 2 is 1.89 bits per heavy atom. The topological polar surface area (TPSA) is 73.0 Å². The van der Waals surface area contributed by atoms with Crippen LogP contribution in [0.1, 0.15) is 76.7 Å². The largest absolute Gasteiger partial charge is 0.345 e. The van der Waals surface area contributed by atoms with Crippen LogP contribution in [0.5, 0.6) is 0 Å². The number of carbonyl (C=O) groups is 1. The van der Waals surface area contributed by atoms with Crippen LogP contribution in [0.3, 0.4) is 0 Å². The lowest BCUT2D eigenvalue weighted by Gasteiger charge is -2.32. The van der Waals surface area contributed by atoms with E-state index in [1.807, 2.05) is 23.3 Å². The fourth-order valence-corrected chi connectivity index (χ4v) is 5.42. The Morgan fingerprint density at radius 1 is 1.15 bits per heavy atom. The second kappa shape index (κ2) is 7.22. The smallest absolute Gasteiger partial charge is 0.337 e. The molecule has 1 atom stereocenters. The van der Waals surface area contributed by atoms with Gasteiger partial charge in [-0.15, -0.1) is 11.3 Å². The molecule has 27 heavy (non-hydrogen) atoms. The van der Waals surface area contributed by atoms with Gasteiger partial charge >= 0.3 is 5.69 Å². The third kappa shape index (κ3) is 3.35. The van der Waals surface area contributed by atoms with Gasteiger partial charge in [0.2, 0.25) is 0 Å². The third-order valence-electron chi connectivity index (χ3n) is 5.84. The van der Waals surface area contributed by atoms with Crippen molar-refractivity contribution >= 4 is 17.2 Å². The molecule has 7 nitrogen and oxygen atoms in total. The summed E-state index contributed by atoms with van der Waals surface area (Å²) in [6, 6.07) is 0.263. The molecule has 3 heterocycles. The number of aryl methyl sites for hydroxylation is 3. The molecular weight excluding hydrogens is 362 g/mol. The molecule has 1 saturated carbocycles. The number of amides is 1. The van der Waals surface area contributed by atoms with Crippen LogP contribution in [0.15, 0.2) is 4.79 Å². The number of piperidine rings is 1. The fourth-order valence-electron chi connectivity index (χ4n) is 4.53. The average molecular weight is 390 g/mol. The van der Waals surface area contributed by atoms with E-state index < -0.39 is 0 Å². The first-order valence-corrected chi connectivity index (χ1v) is 10.7. The van der Waals surface area contributed by atoms with E-state index in [0.29, 0.717) is 6.54 Å². The predicted molar refractivity (Wildman–Crippen MR) is 104 cm³/mol. The quantitative estimate of drug-likeness (QED) is 0.809. The first kappa shape index (κ1) is 18.4. The SMILES string of the molecule is Cc1nc(C)c(C(=O)N2CCCC(c3nn(C)c(=O)n3C3CCCC3)C2)s1. The lowest BCUT2D eigenvalue weighted by atomic mass is 9.96. The summed E-state index contributed by atoms with van der Waals surface area (Å²) >= 11 is 1.47. The van der Waals surface area contributed by atoms with Crippen molar-refractivity contribution in [1.29, 1.82) is 0 Å². The Kier molecular flexibility index (Phi) is 4.92. The molecule has 1 aliphatic carbocycles. The number of rotatable bonds is 3. The molecule has 0 aromatic carbocycles. The fraction of sp³-hybridized carbons (Fsp3) is 0.684. The van der Waals surface area contributed by atoms with Crippen molar-refractivity contribution in [3.05, 3.63) is 31.9 Å². The van der Waals surface area contributed by atoms with Gasteiger partial charge in [0, 0.05) is 32.1 Å². The summed E-state index contributed by atoms with van der Waals surface area (Å²) in [6.07, 6.45) is 6.34. The molecule has 0 N–H and O–H groups in total. The number of thiazole rings is 1. The summed E-state index contributed by atoms with van der Waals surface area (Å²) in [5.41, 5.74) is 0.791. The van der Waals surface area contributed by atoms with Crippen molar-refractivity contribution in [2.24, 2.45) is 7.05 Å². The van der Waals surface area contributed by atoms with Gasteiger partial charge in [-0.05, 0) is 39.5 Å². The van der Waals surface area contributed by atoms with Gasteiger partial charge in [0.1, 0.15) is 10.7 Å². The molecule has 4 rings (SSSR count). The Hall–Kier alpha value is -1.96. The Labute approximate surface area is 163 Å². The van der Waals surface area contributed by atoms with Gasteiger partial charge in [-0.2, -0.15) is 5.10 Å². The lowest BCUT2D eigenvalue weighted by Crippen LogP contribution is -2.40. The van der Waals surface area contributed by atoms with Crippen molar-refractivity contribution in [3.63, 3.8) is 0 Å². The standard InChI is InChI=1S/C19H27N5O2S/c1-12-16(27-13(2)20-12)18(25)23-10-6-7-14(11-23)17-21-22(3)19(26)24(17)15-8-4-5-9-15/h14-15H,4-11H2,1-3H3. The lowest BCUT2D eigenvalue weighted by molar-refractivity contribution is 0.0706. The normalized spacial score (nSPS) is 21.1. The van der Waals surface area contributed by atoms with E-state index in [1.54, 1.807) is 7.05 Å². The van der Waals surface area contributed by atoms with Crippen LogP contribution < -0.4 is 5.69 Å². The molecule has 0 bridgehead atoms. The van der Waals surface area contributed by atoms with Gasteiger partial charge in [0.05, 0.1) is 10.7 Å². The van der Waals surface area contributed by atoms with Crippen LogP contribution in [0.4, 0.5) is 0 Å². The van der Waals surface area contributed by atoms with Gasteiger partial charge in [-0.1, -0.05) is 12.8 Å². The predicted octanol–water partition coefficient (Wildman–Crippen LogP) is 2.79. The van der Waals surface area contributed by atoms with Gasteiger partial charge in [0.15, 0.2) is 0 Å². The monoisotopic (exact) mass is 389 g/mol. The Morgan fingerprint density at radius 3 is 2.56 bits per heavy atom. The first-order chi connectivity index (χ1) is 13.0. The molecule has 1 unspecified atom stereocenters. The molecule has 0 radical (unpaired) electrons. The van der Waals surface area contributed by atoms with E-state index in [0.717, 1.165) is 53.6 Å². The highest BCUT2D eigenvalue weighted by Gasteiger charge is 2.33. The Balaban J connectivity index is 1.60. The van der Waals surface area contributed by atoms with E-state index in [-0.39, 0.29) is 23.6 Å². The summed E-state index contributed by atoms with van der Waals surface area (Å²) in [4.78, 5) is 32.8. The second-order valence-electron chi connectivity index (χ2n) is 7.81. The summed E-state index contributed by atoms with van der Waals surface area (Å²) < 4.78 is 3.39. The molecule has 0 spiro atoms. The van der Waals surface area contributed by atoms with E-state index in [1.165, 1.54) is 28.9 Å². The van der Waals surface area contributed by atoms with Crippen molar-refractivity contribution in [2.75, 3.05) is 13.1 Å². The molecule has 1 aliphatic heterocycles. The molecule has 1 amide bonds. The zero-order valence-electron chi connectivity index (χ0n) is 16.3. The molecular formula is C19H27N5O2S. The molecule has 146 valence electrons. The number of carbonyl (C=O) groups excluding carboxylic acids is 1. The molecule has 2 aliphatic rings. The van der Waals surface area contributed by atoms with Crippen LogP contribution in [0, 0.1) is 13.8 Å². The maximum absolute atomic E-state index is 13.0. The molecule has 2 aromatic heterocycles.